The summed E-state index contributed by atoms with van der Waals surface area (Å²) in [4.78, 5) is 27.4. The number of halogens is 1. The van der Waals surface area contributed by atoms with E-state index in [0.29, 0.717) is 40.1 Å². The highest BCUT2D eigenvalue weighted by molar-refractivity contribution is 7.16. The molecule has 4 heterocycles. The third-order valence-corrected chi connectivity index (χ3v) is 6.75. The topological polar surface area (TPSA) is 82.1 Å². The van der Waals surface area contributed by atoms with Crippen molar-refractivity contribution in [3.8, 4) is 11.3 Å². The van der Waals surface area contributed by atoms with E-state index in [4.69, 9.17) is 16.0 Å². The van der Waals surface area contributed by atoms with Gasteiger partial charge in [-0.2, -0.15) is 9.78 Å². The average molecular weight is 505 g/mol. The zero-order valence-corrected chi connectivity index (χ0v) is 20.1. The van der Waals surface area contributed by atoms with Gasteiger partial charge in [0, 0.05) is 23.7 Å². The molecule has 0 aliphatic heterocycles. The van der Waals surface area contributed by atoms with E-state index in [9.17, 15) is 9.59 Å². The molecule has 0 bridgehead atoms. The fourth-order valence-corrected chi connectivity index (χ4v) is 4.76. The summed E-state index contributed by atoms with van der Waals surface area (Å²) in [6, 6.07) is 20.6. The summed E-state index contributed by atoms with van der Waals surface area (Å²) in [6.07, 6.45) is 5.29. The van der Waals surface area contributed by atoms with Crippen molar-refractivity contribution in [3.05, 3.63) is 116 Å². The summed E-state index contributed by atoms with van der Waals surface area (Å²) in [7, 11) is 0. The number of hydrogen-bond donors (Lipinski definition) is 1. The number of rotatable bonds is 8. The van der Waals surface area contributed by atoms with Crippen molar-refractivity contribution in [2.45, 2.75) is 19.5 Å². The van der Waals surface area contributed by atoms with E-state index in [1.807, 2.05) is 48.5 Å². The monoisotopic (exact) mass is 504 g/mol. The lowest BCUT2D eigenvalue weighted by atomic mass is 10.1. The molecule has 9 heteroatoms. The summed E-state index contributed by atoms with van der Waals surface area (Å²) in [5, 5.41) is 7.75. The molecule has 5 aromatic rings. The second-order valence-corrected chi connectivity index (χ2v) is 9.66. The molecule has 0 amide bonds. The Kier molecular flexibility index (Phi) is 6.65. The smallest absolute Gasteiger partial charge is 0.283 e. The van der Waals surface area contributed by atoms with Crippen LogP contribution in [-0.2, 0) is 19.5 Å². The number of thiophene rings is 1. The van der Waals surface area contributed by atoms with Gasteiger partial charge in [0.15, 0.2) is 0 Å². The first kappa shape index (κ1) is 22.9. The third-order valence-electron chi connectivity index (χ3n) is 5.52. The SMILES string of the molecule is O=C(c1ccoc1)n1nc(-c2cccn(CCc3ccccc3)c2=O)cc1NCc1ccc(Cl)s1. The molecule has 176 valence electrons. The lowest BCUT2D eigenvalue weighted by Crippen LogP contribution is -2.22. The van der Waals surface area contributed by atoms with Gasteiger partial charge in [0.2, 0.25) is 0 Å². The van der Waals surface area contributed by atoms with Crippen molar-refractivity contribution >= 4 is 34.7 Å². The van der Waals surface area contributed by atoms with Crippen molar-refractivity contribution in [2.75, 3.05) is 5.32 Å². The van der Waals surface area contributed by atoms with Crippen LogP contribution < -0.4 is 10.9 Å². The summed E-state index contributed by atoms with van der Waals surface area (Å²) in [5.74, 6) is 0.104. The van der Waals surface area contributed by atoms with Crippen LogP contribution in [0, 0.1) is 0 Å². The molecule has 0 aliphatic carbocycles. The summed E-state index contributed by atoms with van der Waals surface area (Å²) < 4.78 is 8.68. The fraction of sp³-hybridized carbons (Fsp3) is 0.115. The Morgan fingerprint density at radius 2 is 1.94 bits per heavy atom. The summed E-state index contributed by atoms with van der Waals surface area (Å²) >= 11 is 7.49. The van der Waals surface area contributed by atoms with E-state index < -0.39 is 0 Å². The van der Waals surface area contributed by atoms with E-state index in [2.05, 4.69) is 10.4 Å². The van der Waals surface area contributed by atoms with E-state index in [-0.39, 0.29) is 11.5 Å². The molecule has 35 heavy (non-hydrogen) atoms. The van der Waals surface area contributed by atoms with Crippen LogP contribution in [0.5, 0.6) is 0 Å². The maximum Gasteiger partial charge on any atom is 0.283 e. The number of nitrogens with zero attached hydrogens (tertiary/aromatic N) is 3. The molecule has 4 aromatic heterocycles. The minimum absolute atomic E-state index is 0.166. The largest absolute Gasteiger partial charge is 0.472 e. The quantitative estimate of drug-likeness (QED) is 0.299. The Labute approximate surface area is 210 Å². The Hall–Kier alpha value is -3.88. The lowest BCUT2D eigenvalue weighted by Gasteiger charge is -2.07. The number of aryl methyl sites for hydroxylation is 2. The van der Waals surface area contributed by atoms with Gasteiger partial charge in [-0.25, -0.2) is 0 Å². The van der Waals surface area contributed by atoms with E-state index in [1.165, 1.54) is 28.5 Å². The molecule has 0 saturated carbocycles. The first-order valence-corrected chi connectivity index (χ1v) is 12.2. The van der Waals surface area contributed by atoms with Crippen LogP contribution in [0.1, 0.15) is 20.8 Å². The van der Waals surface area contributed by atoms with Gasteiger partial charge < -0.3 is 14.3 Å². The number of pyridine rings is 1. The molecule has 0 atom stereocenters. The first-order chi connectivity index (χ1) is 17.1. The van der Waals surface area contributed by atoms with Gasteiger partial charge in [0.25, 0.3) is 11.5 Å². The van der Waals surface area contributed by atoms with Gasteiger partial charge in [-0.3, -0.25) is 9.59 Å². The van der Waals surface area contributed by atoms with Crippen LogP contribution in [0.3, 0.4) is 0 Å². The third kappa shape index (κ3) is 5.13. The molecule has 0 unspecified atom stereocenters. The number of aromatic nitrogens is 3. The van der Waals surface area contributed by atoms with Gasteiger partial charge in [0.1, 0.15) is 17.8 Å². The standard InChI is InChI=1S/C26H21ClN4O3S/c27-23-9-8-20(35-23)16-28-24-15-22(29-31(24)25(32)19-11-14-34-17-19)21-7-4-12-30(26(21)33)13-10-18-5-2-1-3-6-18/h1-9,11-12,14-15,17,28H,10,13,16H2. The Morgan fingerprint density at radius 3 is 2.69 bits per heavy atom. The normalized spacial score (nSPS) is 11.0. The molecule has 0 radical (unpaired) electrons. The minimum atomic E-state index is -0.364. The molecular formula is C26H21ClN4O3S. The lowest BCUT2D eigenvalue weighted by molar-refractivity contribution is 0.0947. The predicted octanol–water partition coefficient (Wildman–Crippen LogP) is 5.56. The number of anilines is 1. The Bertz CT molecular complexity index is 1500. The van der Waals surface area contributed by atoms with Crippen molar-refractivity contribution in [3.63, 3.8) is 0 Å². The molecule has 0 aliphatic rings. The first-order valence-electron chi connectivity index (χ1n) is 11.0. The molecule has 0 saturated heterocycles. The van der Waals surface area contributed by atoms with Gasteiger partial charge in [-0.15, -0.1) is 11.3 Å². The molecule has 5 rings (SSSR count). The number of nitrogens with one attached hydrogen (secondary N) is 1. The average Bonchev–Trinajstić information content (AvgIpc) is 3.64. The van der Waals surface area contributed by atoms with Gasteiger partial charge >= 0.3 is 0 Å². The number of hydrogen-bond acceptors (Lipinski definition) is 6. The Balaban J connectivity index is 1.46. The van der Waals surface area contributed by atoms with Crippen molar-refractivity contribution in [1.29, 1.82) is 0 Å². The second-order valence-electron chi connectivity index (χ2n) is 7.86. The molecule has 7 nitrogen and oxygen atoms in total. The number of carbonyl (C=O) groups is 1. The summed E-state index contributed by atoms with van der Waals surface area (Å²) in [5.41, 5.74) is 2.17. The van der Waals surface area contributed by atoms with Gasteiger partial charge in [-0.1, -0.05) is 41.9 Å². The van der Waals surface area contributed by atoms with Crippen LogP contribution >= 0.6 is 22.9 Å². The van der Waals surface area contributed by atoms with Crippen LogP contribution in [0.15, 0.2) is 94.7 Å². The summed E-state index contributed by atoms with van der Waals surface area (Å²) in [6.45, 7) is 0.993. The number of carbonyl (C=O) groups excluding carboxylic acids is 1. The van der Waals surface area contributed by atoms with Crippen LogP contribution in [0.25, 0.3) is 11.3 Å². The molecule has 0 fully saturated rings. The molecule has 1 aromatic carbocycles. The zero-order valence-electron chi connectivity index (χ0n) is 18.6. The Morgan fingerprint density at radius 1 is 1.09 bits per heavy atom. The number of furan rings is 1. The fourth-order valence-electron chi connectivity index (χ4n) is 3.73. The van der Waals surface area contributed by atoms with E-state index in [0.717, 1.165) is 16.9 Å². The van der Waals surface area contributed by atoms with Crippen LogP contribution in [0.4, 0.5) is 5.82 Å². The van der Waals surface area contributed by atoms with E-state index in [1.54, 1.807) is 29.0 Å². The van der Waals surface area contributed by atoms with Crippen LogP contribution in [0.2, 0.25) is 4.34 Å². The van der Waals surface area contributed by atoms with Crippen molar-refractivity contribution < 1.29 is 9.21 Å². The highest BCUT2D eigenvalue weighted by atomic mass is 35.5. The highest BCUT2D eigenvalue weighted by Crippen LogP contribution is 2.25. The van der Waals surface area contributed by atoms with E-state index >= 15 is 0 Å². The maximum absolute atomic E-state index is 13.3. The van der Waals surface area contributed by atoms with Crippen LogP contribution in [-0.4, -0.2) is 20.3 Å². The molecule has 1 N–H and O–H groups in total. The predicted molar refractivity (Wildman–Crippen MR) is 137 cm³/mol. The molecular weight excluding hydrogens is 484 g/mol. The van der Waals surface area contributed by atoms with Crippen molar-refractivity contribution in [2.24, 2.45) is 0 Å². The van der Waals surface area contributed by atoms with Gasteiger partial charge in [-0.05, 0) is 42.3 Å². The number of benzene rings is 1. The maximum atomic E-state index is 13.3. The van der Waals surface area contributed by atoms with Gasteiger partial charge in [0.05, 0.1) is 28.3 Å². The molecule has 0 spiro atoms. The zero-order chi connectivity index (χ0) is 24.2. The van der Waals surface area contributed by atoms with Crippen molar-refractivity contribution in [1.82, 2.24) is 14.3 Å². The second kappa shape index (κ2) is 10.2. The minimum Gasteiger partial charge on any atom is -0.472 e. The highest BCUT2D eigenvalue weighted by Gasteiger charge is 2.20.